The van der Waals surface area contributed by atoms with Crippen LogP contribution in [0.4, 0.5) is 0 Å². The molecule has 0 saturated carbocycles. The Morgan fingerprint density at radius 3 is 2.47 bits per heavy atom. The molecule has 0 unspecified atom stereocenters. The standard InChI is InChI=1S/C25H16N5/c1-2-4-22-19(3-1)15-30(16-29-22)21-7-5-17-12-24(28-14-20(17)11-21)18-6-8-23-25(13-18)27-10-9-26-23/h1-16H/q+1. The summed E-state index contributed by atoms with van der Waals surface area (Å²) in [7, 11) is 0. The predicted molar refractivity (Wildman–Crippen MR) is 117 cm³/mol. The van der Waals surface area contributed by atoms with Crippen LogP contribution in [0, 0.1) is 0 Å². The summed E-state index contributed by atoms with van der Waals surface area (Å²) >= 11 is 0. The summed E-state index contributed by atoms with van der Waals surface area (Å²) in [6.07, 6.45) is 9.28. The van der Waals surface area contributed by atoms with Gasteiger partial charge in [0.05, 0.1) is 22.1 Å². The predicted octanol–water partition coefficient (Wildman–Crippen LogP) is 4.67. The smallest absolute Gasteiger partial charge is 0.256 e. The van der Waals surface area contributed by atoms with Gasteiger partial charge in [-0.3, -0.25) is 15.0 Å². The molecule has 6 rings (SSSR count). The van der Waals surface area contributed by atoms with Crippen LogP contribution >= 0.6 is 0 Å². The number of pyridine rings is 1. The maximum atomic E-state index is 4.70. The third-order valence-corrected chi connectivity index (χ3v) is 5.30. The third kappa shape index (κ3) is 2.84. The molecule has 3 aromatic carbocycles. The second kappa shape index (κ2) is 6.67. The fourth-order valence-corrected chi connectivity index (χ4v) is 3.73. The van der Waals surface area contributed by atoms with E-state index in [4.69, 9.17) is 4.98 Å². The number of hydrogen-bond donors (Lipinski definition) is 0. The molecule has 140 valence electrons. The molecule has 0 amide bonds. The van der Waals surface area contributed by atoms with Crippen molar-refractivity contribution in [2.24, 2.45) is 0 Å². The van der Waals surface area contributed by atoms with Crippen molar-refractivity contribution in [1.29, 1.82) is 0 Å². The molecule has 0 saturated heterocycles. The first-order valence-corrected chi connectivity index (χ1v) is 9.71. The van der Waals surface area contributed by atoms with Gasteiger partial charge < -0.3 is 0 Å². The molecule has 0 spiro atoms. The summed E-state index contributed by atoms with van der Waals surface area (Å²) in [6.45, 7) is 0. The molecule has 3 heterocycles. The van der Waals surface area contributed by atoms with Crippen LogP contribution in [0.3, 0.4) is 0 Å². The fourth-order valence-electron chi connectivity index (χ4n) is 3.73. The zero-order valence-corrected chi connectivity index (χ0v) is 16.0. The molecule has 0 aliphatic heterocycles. The van der Waals surface area contributed by atoms with Crippen LogP contribution in [0.1, 0.15) is 0 Å². The Labute approximate surface area is 172 Å². The minimum atomic E-state index is 0.868. The topological polar surface area (TPSA) is 55.4 Å². The molecule has 5 heteroatoms. The first-order chi connectivity index (χ1) is 14.8. The summed E-state index contributed by atoms with van der Waals surface area (Å²) in [5, 5.41) is 3.32. The lowest BCUT2D eigenvalue weighted by atomic mass is 10.1. The number of nitrogens with zero attached hydrogens (tertiary/aromatic N) is 5. The minimum absolute atomic E-state index is 0.868. The first-order valence-electron chi connectivity index (χ1n) is 9.71. The molecule has 0 aliphatic carbocycles. The molecule has 0 N–H and O–H groups in total. The summed E-state index contributed by atoms with van der Waals surface area (Å²) < 4.78 is 2.04. The summed E-state index contributed by atoms with van der Waals surface area (Å²) in [4.78, 5) is 18.0. The quantitative estimate of drug-likeness (QED) is 0.406. The average molecular weight is 386 g/mol. The van der Waals surface area contributed by atoms with E-state index in [1.54, 1.807) is 12.4 Å². The third-order valence-electron chi connectivity index (χ3n) is 5.30. The summed E-state index contributed by atoms with van der Waals surface area (Å²) in [5.41, 5.74) is 5.74. The van der Waals surface area contributed by atoms with Crippen LogP contribution in [-0.2, 0) is 0 Å². The number of aromatic nitrogens is 5. The van der Waals surface area contributed by atoms with E-state index in [9.17, 15) is 0 Å². The van der Waals surface area contributed by atoms with Gasteiger partial charge in [-0.25, -0.2) is 4.57 Å². The zero-order chi connectivity index (χ0) is 19.9. The second-order valence-electron chi connectivity index (χ2n) is 7.20. The Balaban J connectivity index is 1.41. The second-order valence-corrected chi connectivity index (χ2v) is 7.20. The highest BCUT2D eigenvalue weighted by Crippen LogP contribution is 2.25. The van der Waals surface area contributed by atoms with Gasteiger partial charge in [0, 0.05) is 29.5 Å². The van der Waals surface area contributed by atoms with Gasteiger partial charge in [-0.1, -0.05) is 24.3 Å². The molecule has 3 aromatic heterocycles. The molecule has 0 aliphatic rings. The molecule has 30 heavy (non-hydrogen) atoms. The van der Waals surface area contributed by atoms with Crippen molar-refractivity contribution in [1.82, 2.24) is 19.9 Å². The van der Waals surface area contributed by atoms with Gasteiger partial charge in [-0.05, 0) is 52.8 Å². The van der Waals surface area contributed by atoms with Crippen LogP contribution in [-0.4, -0.2) is 19.9 Å². The van der Waals surface area contributed by atoms with Crippen molar-refractivity contribution >= 4 is 32.7 Å². The Hall–Kier alpha value is -4.25. The van der Waals surface area contributed by atoms with Crippen molar-refractivity contribution < 1.29 is 4.57 Å². The van der Waals surface area contributed by atoms with E-state index in [-0.39, 0.29) is 0 Å². The summed E-state index contributed by atoms with van der Waals surface area (Å²) in [6, 6.07) is 22.6. The van der Waals surface area contributed by atoms with Crippen molar-refractivity contribution in [2.75, 3.05) is 0 Å². The van der Waals surface area contributed by atoms with Crippen molar-refractivity contribution in [3.8, 4) is 16.9 Å². The number of fused-ring (bicyclic) bond motifs is 3. The molecular weight excluding hydrogens is 370 g/mol. The molecule has 6 aromatic rings. The van der Waals surface area contributed by atoms with Crippen LogP contribution in [0.2, 0.25) is 0 Å². The van der Waals surface area contributed by atoms with Gasteiger partial charge in [-0.2, -0.15) is 0 Å². The number of hydrogen-bond acceptors (Lipinski definition) is 4. The highest BCUT2D eigenvalue weighted by molar-refractivity contribution is 5.88. The Bertz CT molecular complexity index is 1440. The van der Waals surface area contributed by atoms with Gasteiger partial charge >= 0.3 is 0 Å². The number of para-hydroxylation sites is 1. The average Bonchev–Trinajstić information content (AvgIpc) is 2.83. The molecule has 5 nitrogen and oxygen atoms in total. The van der Waals surface area contributed by atoms with E-state index in [0.29, 0.717) is 0 Å². The number of benzene rings is 3. The molecule has 0 bridgehead atoms. The van der Waals surface area contributed by atoms with Crippen molar-refractivity contribution in [3.63, 3.8) is 0 Å². The van der Waals surface area contributed by atoms with Gasteiger partial charge in [0.15, 0.2) is 5.52 Å². The Morgan fingerprint density at radius 1 is 0.600 bits per heavy atom. The summed E-state index contributed by atoms with van der Waals surface area (Å²) in [5.74, 6) is 0. The van der Waals surface area contributed by atoms with E-state index in [2.05, 4.69) is 51.5 Å². The lowest BCUT2D eigenvalue weighted by Gasteiger charge is -2.06. The zero-order valence-electron chi connectivity index (χ0n) is 16.0. The lowest BCUT2D eigenvalue weighted by Crippen LogP contribution is -2.30. The van der Waals surface area contributed by atoms with Crippen LogP contribution in [0.15, 0.2) is 97.8 Å². The van der Waals surface area contributed by atoms with Gasteiger partial charge in [0.25, 0.3) is 6.33 Å². The van der Waals surface area contributed by atoms with Crippen molar-refractivity contribution in [3.05, 3.63) is 97.8 Å². The van der Waals surface area contributed by atoms with E-state index in [1.807, 2.05) is 53.5 Å². The van der Waals surface area contributed by atoms with Gasteiger partial charge in [0.1, 0.15) is 11.9 Å². The van der Waals surface area contributed by atoms with Crippen LogP contribution in [0.25, 0.3) is 49.7 Å². The van der Waals surface area contributed by atoms with Crippen LogP contribution in [0.5, 0.6) is 0 Å². The van der Waals surface area contributed by atoms with Crippen molar-refractivity contribution in [2.45, 2.75) is 0 Å². The van der Waals surface area contributed by atoms with E-state index >= 15 is 0 Å². The molecule has 0 radical (unpaired) electrons. The Kier molecular flexibility index (Phi) is 3.71. The maximum Gasteiger partial charge on any atom is 0.291 e. The van der Waals surface area contributed by atoms with E-state index in [1.165, 1.54) is 0 Å². The molecular formula is C25H16N5+. The Morgan fingerprint density at radius 2 is 1.50 bits per heavy atom. The fraction of sp³-hybridized carbons (Fsp3) is 0. The van der Waals surface area contributed by atoms with E-state index < -0.39 is 0 Å². The lowest BCUT2D eigenvalue weighted by molar-refractivity contribution is -0.597. The van der Waals surface area contributed by atoms with Gasteiger partial charge in [0.2, 0.25) is 0 Å². The normalized spacial score (nSPS) is 11.3. The van der Waals surface area contributed by atoms with Gasteiger partial charge in [-0.15, -0.1) is 0 Å². The largest absolute Gasteiger partial charge is 0.291 e. The maximum absolute atomic E-state index is 4.70. The van der Waals surface area contributed by atoms with E-state index in [0.717, 1.165) is 49.7 Å². The minimum Gasteiger partial charge on any atom is -0.256 e. The SMILES string of the molecule is c1ccc2nc[n+](-c3ccc4cc(-c5ccc6nccnc6c5)ncc4c3)cc2c1. The first kappa shape index (κ1) is 16.7. The van der Waals surface area contributed by atoms with Crippen LogP contribution < -0.4 is 4.57 Å². The molecule has 0 atom stereocenters. The monoisotopic (exact) mass is 386 g/mol. The number of rotatable bonds is 2. The highest BCUT2D eigenvalue weighted by atomic mass is 15.0. The highest BCUT2D eigenvalue weighted by Gasteiger charge is 2.09. The molecule has 0 fully saturated rings.